The first-order chi connectivity index (χ1) is 8.18. The molecule has 2 rings (SSSR count). The molecule has 0 spiro atoms. The Morgan fingerprint density at radius 1 is 1.35 bits per heavy atom. The Morgan fingerprint density at radius 2 is 2.06 bits per heavy atom. The first kappa shape index (κ1) is 12.8. The zero-order valence-corrected chi connectivity index (χ0v) is 10.5. The maximum absolute atomic E-state index is 12.3. The molecular formula is C12H21NO4. The zero-order chi connectivity index (χ0) is 12.3. The van der Waals surface area contributed by atoms with Gasteiger partial charge in [0.25, 0.3) is 5.91 Å². The average Bonchev–Trinajstić information content (AvgIpc) is 2.76. The first-order valence-electron chi connectivity index (χ1n) is 6.23. The molecule has 5 nitrogen and oxygen atoms in total. The van der Waals surface area contributed by atoms with Crippen molar-refractivity contribution in [2.75, 3.05) is 26.9 Å². The van der Waals surface area contributed by atoms with Crippen LogP contribution in [-0.4, -0.2) is 50.6 Å². The average molecular weight is 243 g/mol. The second-order valence-electron chi connectivity index (χ2n) is 4.76. The summed E-state index contributed by atoms with van der Waals surface area (Å²) >= 11 is 0. The molecule has 2 aliphatic rings. The number of nitrogens with one attached hydrogen (secondary N) is 1. The van der Waals surface area contributed by atoms with Gasteiger partial charge in [0, 0.05) is 39.8 Å². The van der Waals surface area contributed by atoms with Crippen molar-refractivity contribution >= 4 is 5.91 Å². The Labute approximate surface area is 102 Å². The second-order valence-corrected chi connectivity index (χ2v) is 4.76. The van der Waals surface area contributed by atoms with Crippen molar-refractivity contribution in [3.63, 3.8) is 0 Å². The van der Waals surface area contributed by atoms with Gasteiger partial charge < -0.3 is 19.5 Å². The maximum Gasteiger partial charge on any atom is 0.252 e. The summed E-state index contributed by atoms with van der Waals surface area (Å²) in [6.45, 7) is 3.87. The summed E-state index contributed by atoms with van der Waals surface area (Å²) in [7, 11) is 1.60. The molecule has 2 heterocycles. The molecule has 0 bridgehead atoms. The monoisotopic (exact) mass is 243 g/mol. The molecule has 2 saturated heterocycles. The predicted octanol–water partition coefficient (Wildman–Crippen LogP) is 0.476. The van der Waals surface area contributed by atoms with E-state index < -0.39 is 5.60 Å². The lowest BCUT2D eigenvalue weighted by atomic mass is 9.92. The van der Waals surface area contributed by atoms with Gasteiger partial charge in [0.05, 0.1) is 12.1 Å². The standard InChI is InChI=1S/C12H21NO4/c1-9-10(3-6-17-9)13-11(14)12(15-2)4-7-16-8-5-12/h9-10H,3-8H2,1-2H3,(H,13,14)/t9-,10-/m1/s1. The summed E-state index contributed by atoms with van der Waals surface area (Å²) in [5, 5.41) is 3.05. The van der Waals surface area contributed by atoms with Crippen molar-refractivity contribution in [3.05, 3.63) is 0 Å². The predicted molar refractivity (Wildman–Crippen MR) is 61.8 cm³/mol. The van der Waals surface area contributed by atoms with E-state index in [2.05, 4.69) is 5.32 Å². The molecule has 5 heteroatoms. The van der Waals surface area contributed by atoms with E-state index in [1.807, 2.05) is 6.92 Å². The highest BCUT2D eigenvalue weighted by Crippen LogP contribution is 2.25. The first-order valence-corrected chi connectivity index (χ1v) is 6.23. The van der Waals surface area contributed by atoms with Crippen LogP contribution in [0.3, 0.4) is 0 Å². The van der Waals surface area contributed by atoms with Crippen LogP contribution in [0.2, 0.25) is 0 Å². The highest BCUT2D eigenvalue weighted by molar-refractivity contribution is 5.85. The Bertz CT molecular complexity index is 276. The van der Waals surface area contributed by atoms with Crippen molar-refractivity contribution < 1.29 is 19.0 Å². The number of amides is 1. The second kappa shape index (κ2) is 5.33. The Hall–Kier alpha value is -0.650. The normalized spacial score (nSPS) is 32.4. The summed E-state index contributed by atoms with van der Waals surface area (Å²) in [4.78, 5) is 12.3. The summed E-state index contributed by atoms with van der Waals surface area (Å²) in [5.74, 6) is -0.0225. The summed E-state index contributed by atoms with van der Waals surface area (Å²) in [6.07, 6.45) is 2.21. The highest BCUT2D eigenvalue weighted by Gasteiger charge is 2.42. The number of methoxy groups -OCH3 is 1. The van der Waals surface area contributed by atoms with Crippen molar-refractivity contribution in [2.24, 2.45) is 0 Å². The molecule has 0 radical (unpaired) electrons. The van der Waals surface area contributed by atoms with Crippen LogP contribution in [0.4, 0.5) is 0 Å². The van der Waals surface area contributed by atoms with E-state index in [1.54, 1.807) is 7.11 Å². The van der Waals surface area contributed by atoms with Gasteiger partial charge in [-0.1, -0.05) is 0 Å². The van der Waals surface area contributed by atoms with Crippen molar-refractivity contribution in [1.29, 1.82) is 0 Å². The maximum atomic E-state index is 12.3. The molecule has 17 heavy (non-hydrogen) atoms. The van der Waals surface area contributed by atoms with Gasteiger partial charge in [-0.3, -0.25) is 4.79 Å². The van der Waals surface area contributed by atoms with E-state index in [1.165, 1.54) is 0 Å². The molecular weight excluding hydrogens is 222 g/mol. The molecule has 0 saturated carbocycles. The molecule has 0 aromatic carbocycles. The molecule has 0 unspecified atom stereocenters. The fraction of sp³-hybridized carbons (Fsp3) is 0.917. The van der Waals surface area contributed by atoms with Gasteiger partial charge in [-0.2, -0.15) is 0 Å². The van der Waals surface area contributed by atoms with Crippen LogP contribution in [0.25, 0.3) is 0 Å². The summed E-state index contributed by atoms with van der Waals surface area (Å²) in [6, 6.07) is 0.109. The van der Waals surface area contributed by atoms with Crippen molar-refractivity contribution in [1.82, 2.24) is 5.32 Å². The third-order valence-electron chi connectivity index (χ3n) is 3.80. The van der Waals surface area contributed by atoms with Gasteiger partial charge in [0.2, 0.25) is 0 Å². The molecule has 2 fully saturated rings. The number of ether oxygens (including phenoxy) is 3. The van der Waals surface area contributed by atoms with Crippen LogP contribution in [0.15, 0.2) is 0 Å². The number of carbonyl (C=O) groups excluding carboxylic acids is 1. The van der Waals surface area contributed by atoms with Crippen LogP contribution >= 0.6 is 0 Å². The topological polar surface area (TPSA) is 56.8 Å². The zero-order valence-electron chi connectivity index (χ0n) is 10.5. The van der Waals surface area contributed by atoms with E-state index in [9.17, 15) is 4.79 Å². The van der Waals surface area contributed by atoms with Gasteiger partial charge in [0.15, 0.2) is 5.60 Å². The van der Waals surface area contributed by atoms with Crippen molar-refractivity contribution in [3.8, 4) is 0 Å². The fourth-order valence-corrected chi connectivity index (χ4v) is 2.45. The molecule has 2 aliphatic heterocycles. The van der Waals surface area contributed by atoms with E-state index in [0.717, 1.165) is 13.0 Å². The van der Waals surface area contributed by atoms with Crippen LogP contribution in [0, 0.1) is 0 Å². The van der Waals surface area contributed by atoms with Crippen LogP contribution in [0.1, 0.15) is 26.2 Å². The minimum absolute atomic E-state index is 0.0225. The third-order valence-corrected chi connectivity index (χ3v) is 3.80. The molecule has 2 atom stereocenters. The van der Waals surface area contributed by atoms with Gasteiger partial charge in [0.1, 0.15) is 0 Å². The van der Waals surface area contributed by atoms with E-state index in [0.29, 0.717) is 26.1 Å². The minimum Gasteiger partial charge on any atom is -0.381 e. The highest BCUT2D eigenvalue weighted by atomic mass is 16.5. The van der Waals surface area contributed by atoms with Crippen LogP contribution in [0.5, 0.6) is 0 Å². The molecule has 0 aliphatic carbocycles. The molecule has 1 N–H and O–H groups in total. The molecule has 98 valence electrons. The minimum atomic E-state index is -0.708. The molecule has 0 aromatic rings. The fourth-order valence-electron chi connectivity index (χ4n) is 2.45. The summed E-state index contributed by atoms with van der Waals surface area (Å²) in [5.41, 5.74) is -0.708. The molecule has 1 amide bonds. The van der Waals surface area contributed by atoms with Crippen LogP contribution < -0.4 is 5.32 Å². The lowest BCUT2D eigenvalue weighted by Crippen LogP contribution is -2.55. The third kappa shape index (κ3) is 2.61. The van der Waals surface area contributed by atoms with Gasteiger partial charge in [-0.25, -0.2) is 0 Å². The number of rotatable bonds is 3. The van der Waals surface area contributed by atoms with Crippen molar-refractivity contribution in [2.45, 2.75) is 43.9 Å². The Kier molecular flexibility index (Phi) is 4.01. The lowest BCUT2D eigenvalue weighted by Gasteiger charge is -2.35. The largest absolute Gasteiger partial charge is 0.381 e. The number of hydrogen-bond acceptors (Lipinski definition) is 4. The van der Waals surface area contributed by atoms with Gasteiger partial charge >= 0.3 is 0 Å². The molecule has 0 aromatic heterocycles. The van der Waals surface area contributed by atoms with Crippen LogP contribution in [-0.2, 0) is 19.0 Å². The Balaban J connectivity index is 1.97. The number of hydrogen-bond donors (Lipinski definition) is 1. The van der Waals surface area contributed by atoms with Gasteiger partial charge in [-0.05, 0) is 13.3 Å². The van der Waals surface area contributed by atoms with Gasteiger partial charge in [-0.15, -0.1) is 0 Å². The van der Waals surface area contributed by atoms with E-state index in [-0.39, 0.29) is 18.1 Å². The van der Waals surface area contributed by atoms with E-state index >= 15 is 0 Å². The lowest BCUT2D eigenvalue weighted by molar-refractivity contribution is -0.156. The van der Waals surface area contributed by atoms with E-state index in [4.69, 9.17) is 14.2 Å². The SMILES string of the molecule is COC1(C(=O)N[C@@H]2CCO[C@@H]2C)CCOCC1. The quantitative estimate of drug-likeness (QED) is 0.783. The number of carbonyl (C=O) groups is 1. The Morgan fingerprint density at radius 3 is 2.59 bits per heavy atom. The smallest absolute Gasteiger partial charge is 0.252 e. The summed E-state index contributed by atoms with van der Waals surface area (Å²) < 4.78 is 16.2.